The molecule has 0 aliphatic carbocycles. The van der Waals surface area contributed by atoms with Crippen LogP contribution in [0.15, 0.2) is 36.4 Å². The summed E-state index contributed by atoms with van der Waals surface area (Å²) < 4.78 is 5.26. The van der Waals surface area contributed by atoms with Gasteiger partial charge in [0.2, 0.25) is 0 Å². The van der Waals surface area contributed by atoms with Gasteiger partial charge in [-0.15, -0.1) is 11.3 Å². The minimum absolute atomic E-state index is 0.320. The van der Waals surface area contributed by atoms with E-state index in [-0.39, 0.29) is 5.92 Å². The van der Waals surface area contributed by atoms with E-state index in [0.29, 0.717) is 9.90 Å². The number of hydrogen-bond acceptors (Lipinski definition) is 5. The molecular formula is C17H17ClN2O4S. The van der Waals surface area contributed by atoms with Crippen molar-refractivity contribution in [2.24, 2.45) is 11.7 Å². The molecule has 0 spiro atoms. The molecule has 0 aliphatic rings. The van der Waals surface area contributed by atoms with Crippen LogP contribution in [0.2, 0.25) is 5.02 Å². The number of thiophene rings is 1. The number of rotatable bonds is 5. The second-order valence-corrected chi connectivity index (χ2v) is 7.11. The summed E-state index contributed by atoms with van der Waals surface area (Å²) in [6, 6.07) is 9.64. The molecule has 0 saturated carbocycles. The van der Waals surface area contributed by atoms with E-state index in [9.17, 15) is 14.4 Å². The maximum absolute atomic E-state index is 12.3. The Morgan fingerprint density at radius 1 is 1.12 bits per heavy atom. The SMILES string of the molecule is CC(C)[C@H](OC(=O)c1ccc(-c2ccc(Cl)cc2)s1)C(=O)NC(N)=O. The van der Waals surface area contributed by atoms with Crippen LogP contribution >= 0.6 is 22.9 Å². The van der Waals surface area contributed by atoms with E-state index >= 15 is 0 Å². The van der Waals surface area contributed by atoms with Crippen LogP contribution < -0.4 is 11.1 Å². The number of esters is 1. The molecule has 6 nitrogen and oxygen atoms in total. The summed E-state index contributed by atoms with van der Waals surface area (Å²) in [4.78, 5) is 36.3. The number of primary amides is 1. The number of ether oxygens (including phenoxy) is 1. The van der Waals surface area contributed by atoms with E-state index < -0.39 is 24.0 Å². The minimum Gasteiger partial charge on any atom is -0.448 e. The largest absolute Gasteiger partial charge is 0.448 e. The van der Waals surface area contributed by atoms with E-state index in [1.165, 1.54) is 11.3 Å². The Morgan fingerprint density at radius 3 is 2.32 bits per heavy atom. The van der Waals surface area contributed by atoms with Crippen LogP contribution in [0.1, 0.15) is 23.5 Å². The molecule has 3 amide bonds. The van der Waals surface area contributed by atoms with Gasteiger partial charge >= 0.3 is 12.0 Å². The molecular weight excluding hydrogens is 364 g/mol. The highest BCUT2D eigenvalue weighted by atomic mass is 35.5. The lowest BCUT2D eigenvalue weighted by Crippen LogP contribution is -2.45. The van der Waals surface area contributed by atoms with Crippen LogP contribution in [0.5, 0.6) is 0 Å². The highest BCUT2D eigenvalue weighted by molar-refractivity contribution is 7.17. The lowest BCUT2D eigenvalue weighted by molar-refractivity contribution is -0.130. The van der Waals surface area contributed by atoms with Crippen molar-refractivity contribution in [1.29, 1.82) is 0 Å². The van der Waals surface area contributed by atoms with E-state index in [1.807, 2.05) is 17.4 Å². The van der Waals surface area contributed by atoms with E-state index in [4.69, 9.17) is 22.1 Å². The fourth-order valence-electron chi connectivity index (χ4n) is 2.08. The van der Waals surface area contributed by atoms with Crippen LogP contribution in [-0.4, -0.2) is 24.0 Å². The van der Waals surface area contributed by atoms with Crippen molar-refractivity contribution in [2.75, 3.05) is 0 Å². The van der Waals surface area contributed by atoms with Crippen molar-refractivity contribution in [2.45, 2.75) is 20.0 Å². The molecule has 0 fully saturated rings. The fourth-order valence-corrected chi connectivity index (χ4v) is 3.10. The average Bonchev–Trinajstić information content (AvgIpc) is 3.02. The van der Waals surface area contributed by atoms with Gasteiger partial charge in [0.05, 0.1) is 0 Å². The summed E-state index contributed by atoms with van der Waals surface area (Å²) in [5, 5.41) is 2.56. The predicted molar refractivity (Wildman–Crippen MR) is 96.5 cm³/mol. The third-order valence-corrected chi connectivity index (χ3v) is 4.65. The summed E-state index contributed by atoms with van der Waals surface area (Å²) in [7, 11) is 0. The number of carbonyl (C=O) groups excluding carboxylic acids is 3. The number of benzene rings is 1. The quantitative estimate of drug-likeness (QED) is 0.776. The monoisotopic (exact) mass is 380 g/mol. The van der Waals surface area contributed by atoms with Gasteiger partial charge in [-0.05, 0) is 35.7 Å². The molecule has 25 heavy (non-hydrogen) atoms. The smallest absolute Gasteiger partial charge is 0.349 e. The summed E-state index contributed by atoms with van der Waals surface area (Å²) in [6.07, 6.45) is -1.11. The number of hydrogen-bond donors (Lipinski definition) is 2. The zero-order chi connectivity index (χ0) is 18.6. The molecule has 0 bridgehead atoms. The van der Waals surface area contributed by atoms with Gasteiger partial charge < -0.3 is 10.5 Å². The first-order valence-electron chi connectivity index (χ1n) is 7.45. The molecule has 2 aromatic rings. The van der Waals surface area contributed by atoms with Crippen LogP contribution in [-0.2, 0) is 9.53 Å². The van der Waals surface area contributed by atoms with Crippen molar-refractivity contribution in [1.82, 2.24) is 5.32 Å². The van der Waals surface area contributed by atoms with E-state index in [2.05, 4.69) is 0 Å². The Kier molecular flexibility index (Phi) is 6.17. The minimum atomic E-state index is -1.11. The first kappa shape index (κ1) is 19.0. The molecule has 3 N–H and O–H groups in total. The van der Waals surface area contributed by atoms with Crippen LogP contribution in [0.25, 0.3) is 10.4 Å². The van der Waals surface area contributed by atoms with Gasteiger partial charge in [-0.2, -0.15) is 0 Å². The van der Waals surface area contributed by atoms with Crippen LogP contribution in [0.3, 0.4) is 0 Å². The zero-order valence-corrected chi connectivity index (χ0v) is 15.2. The van der Waals surface area contributed by atoms with Gasteiger partial charge in [0.1, 0.15) is 4.88 Å². The first-order chi connectivity index (χ1) is 11.8. The van der Waals surface area contributed by atoms with Gasteiger partial charge in [-0.1, -0.05) is 37.6 Å². The maximum Gasteiger partial charge on any atom is 0.349 e. The van der Waals surface area contributed by atoms with E-state index in [0.717, 1.165) is 10.4 Å². The Morgan fingerprint density at radius 2 is 1.76 bits per heavy atom. The molecule has 8 heteroatoms. The number of carbonyl (C=O) groups is 3. The summed E-state index contributed by atoms with van der Waals surface area (Å²) in [5.74, 6) is -1.70. The molecule has 0 radical (unpaired) electrons. The van der Waals surface area contributed by atoms with Crippen molar-refractivity contribution < 1.29 is 19.1 Å². The van der Waals surface area contributed by atoms with Crippen LogP contribution in [0, 0.1) is 5.92 Å². The number of urea groups is 1. The lowest BCUT2D eigenvalue weighted by atomic mass is 10.1. The highest BCUT2D eigenvalue weighted by Gasteiger charge is 2.28. The number of nitrogens with two attached hydrogens (primary N) is 1. The fraction of sp³-hybridized carbons (Fsp3) is 0.235. The van der Waals surface area contributed by atoms with Gasteiger partial charge in [-0.3, -0.25) is 10.1 Å². The molecule has 132 valence electrons. The molecule has 0 unspecified atom stereocenters. The average molecular weight is 381 g/mol. The Bertz CT molecular complexity index is 786. The second kappa shape index (κ2) is 8.13. The molecule has 0 aliphatic heterocycles. The van der Waals surface area contributed by atoms with Gasteiger partial charge in [-0.25, -0.2) is 9.59 Å². The number of amides is 3. The van der Waals surface area contributed by atoms with Crippen molar-refractivity contribution in [3.05, 3.63) is 46.3 Å². The number of nitrogens with one attached hydrogen (secondary N) is 1. The van der Waals surface area contributed by atoms with Crippen molar-refractivity contribution >= 4 is 40.8 Å². The third-order valence-electron chi connectivity index (χ3n) is 3.28. The van der Waals surface area contributed by atoms with Crippen molar-refractivity contribution in [3.63, 3.8) is 0 Å². The molecule has 0 saturated heterocycles. The van der Waals surface area contributed by atoms with Gasteiger partial charge in [0, 0.05) is 9.90 Å². The predicted octanol–water partition coefficient (Wildman–Crippen LogP) is 3.44. The number of imide groups is 1. The van der Waals surface area contributed by atoms with Crippen LogP contribution in [0.4, 0.5) is 4.79 Å². The Hall–Kier alpha value is -2.38. The topological polar surface area (TPSA) is 98.5 Å². The van der Waals surface area contributed by atoms with Crippen molar-refractivity contribution in [3.8, 4) is 10.4 Å². The molecule has 1 atom stereocenters. The summed E-state index contributed by atoms with van der Waals surface area (Å²) in [6.45, 7) is 3.40. The van der Waals surface area contributed by atoms with Gasteiger partial charge in [0.25, 0.3) is 5.91 Å². The second-order valence-electron chi connectivity index (χ2n) is 5.59. The maximum atomic E-state index is 12.3. The lowest BCUT2D eigenvalue weighted by Gasteiger charge is -2.19. The van der Waals surface area contributed by atoms with E-state index in [1.54, 1.807) is 38.1 Å². The molecule has 1 aromatic heterocycles. The highest BCUT2D eigenvalue weighted by Crippen LogP contribution is 2.29. The zero-order valence-electron chi connectivity index (χ0n) is 13.6. The molecule has 1 aromatic carbocycles. The third kappa shape index (κ3) is 5.04. The first-order valence-corrected chi connectivity index (χ1v) is 8.64. The normalized spacial score (nSPS) is 11.8. The molecule has 2 rings (SSSR count). The number of halogens is 1. The standard InChI is InChI=1S/C17H17ClN2O4S/c1-9(2)14(15(21)20-17(19)23)24-16(22)13-8-7-12(25-13)10-3-5-11(18)6-4-10/h3-9,14H,1-2H3,(H3,19,20,21,23)/t14-/m0/s1. The van der Waals surface area contributed by atoms with Gasteiger partial charge in [0.15, 0.2) is 6.10 Å². The Balaban J connectivity index is 2.13. The summed E-state index contributed by atoms with van der Waals surface area (Å²) >= 11 is 7.10. The molecule has 1 heterocycles. The Labute approximate surface area is 153 Å². The summed E-state index contributed by atoms with van der Waals surface area (Å²) in [5.41, 5.74) is 5.85.